The van der Waals surface area contributed by atoms with Crippen LogP contribution in [0.15, 0.2) is 0 Å². The second-order valence-corrected chi connectivity index (χ2v) is 5.61. The van der Waals surface area contributed by atoms with Crippen molar-refractivity contribution >= 4 is 5.97 Å². The van der Waals surface area contributed by atoms with Gasteiger partial charge in [0, 0.05) is 13.1 Å². The summed E-state index contributed by atoms with van der Waals surface area (Å²) >= 11 is 0. The maximum atomic E-state index is 10.7. The minimum atomic E-state index is -0.624. The first kappa shape index (κ1) is 10.9. The molecule has 4 nitrogen and oxygen atoms in total. The summed E-state index contributed by atoms with van der Waals surface area (Å²) in [6.45, 7) is 8.50. The summed E-state index contributed by atoms with van der Waals surface area (Å²) in [5.74, 6) is 0.0643. The van der Waals surface area contributed by atoms with E-state index in [1.165, 1.54) is 0 Å². The van der Waals surface area contributed by atoms with Crippen molar-refractivity contribution in [1.29, 1.82) is 0 Å². The molecule has 4 heteroatoms. The molecule has 1 N–H and O–H groups in total. The highest BCUT2D eigenvalue weighted by atomic mass is 16.5. The Hall–Kier alpha value is -0.610. The Bertz CT molecular complexity index is 259. The molecule has 0 radical (unpaired) electrons. The van der Waals surface area contributed by atoms with E-state index in [-0.39, 0.29) is 11.5 Å². The third-order valence-corrected chi connectivity index (χ3v) is 3.23. The molecule has 0 aromatic heterocycles. The fourth-order valence-electron chi connectivity index (χ4n) is 2.37. The third kappa shape index (κ3) is 2.32. The molecule has 86 valence electrons. The zero-order valence-electron chi connectivity index (χ0n) is 9.56. The summed E-state index contributed by atoms with van der Waals surface area (Å²) in [7, 11) is 0. The number of aliphatic carboxylic acids is 1. The van der Waals surface area contributed by atoms with Crippen LogP contribution in [0, 0.1) is 17.8 Å². The van der Waals surface area contributed by atoms with Gasteiger partial charge < -0.3 is 9.84 Å². The lowest BCUT2D eigenvalue weighted by Gasteiger charge is -2.25. The molecular weight excluding hydrogens is 194 g/mol. The molecule has 1 heterocycles. The topological polar surface area (TPSA) is 49.8 Å². The Kier molecular flexibility index (Phi) is 2.51. The minimum absolute atomic E-state index is 0.0733. The van der Waals surface area contributed by atoms with Crippen LogP contribution in [0.3, 0.4) is 0 Å². The van der Waals surface area contributed by atoms with Gasteiger partial charge in [0.25, 0.3) is 0 Å². The average Bonchev–Trinajstić information content (AvgIpc) is 2.59. The van der Waals surface area contributed by atoms with Crippen LogP contribution >= 0.6 is 0 Å². The van der Waals surface area contributed by atoms with Crippen LogP contribution in [0.25, 0.3) is 0 Å². The molecule has 3 atom stereocenters. The molecule has 1 saturated heterocycles. The Balaban J connectivity index is 1.72. The monoisotopic (exact) mass is 213 g/mol. The summed E-state index contributed by atoms with van der Waals surface area (Å²) in [6.07, 6.45) is 0. The van der Waals surface area contributed by atoms with Gasteiger partial charge >= 0.3 is 5.97 Å². The van der Waals surface area contributed by atoms with Crippen LogP contribution in [-0.4, -0.2) is 41.4 Å². The summed E-state index contributed by atoms with van der Waals surface area (Å²) in [4.78, 5) is 13.0. The zero-order chi connectivity index (χ0) is 11.2. The van der Waals surface area contributed by atoms with Crippen molar-refractivity contribution in [2.75, 3.05) is 19.8 Å². The highest BCUT2D eigenvalue weighted by Gasteiger charge is 2.59. The molecule has 1 saturated carbocycles. The molecule has 2 aliphatic rings. The first-order valence-corrected chi connectivity index (χ1v) is 5.47. The van der Waals surface area contributed by atoms with Crippen LogP contribution in [0.1, 0.15) is 20.8 Å². The van der Waals surface area contributed by atoms with E-state index in [2.05, 4.69) is 4.90 Å². The Labute approximate surface area is 90.2 Å². The van der Waals surface area contributed by atoms with Gasteiger partial charge in [0.05, 0.1) is 18.2 Å². The predicted octanol–water partition coefficient (Wildman–Crippen LogP) is 1.02. The summed E-state index contributed by atoms with van der Waals surface area (Å²) in [5.41, 5.74) is -0.112. The summed E-state index contributed by atoms with van der Waals surface area (Å²) < 4.78 is 5.66. The normalized spacial score (nSPS) is 35.3. The zero-order valence-corrected chi connectivity index (χ0v) is 9.56. The highest BCUT2D eigenvalue weighted by molar-refractivity contribution is 5.74. The first-order valence-electron chi connectivity index (χ1n) is 5.47. The molecule has 2 fully saturated rings. The fraction of sp³-hybridized carbons (Fsp3) is 0.909. The molecule has 0 unspecified atom stereocenters. The van der Waals surface area contributed by atoms with Crippen LogP contribution < -0.4 is 0 Å². The van der Waals surface area contributed by atoms with Crippen molar-refractivity contribution in [2.45, 2.75) is 26.4 Å². The number of carbonyl (C=O) groups is 1. The second kappa shape index (κ2) is 3.46. The standard InChI is InChI=1S/C11H19NO3/c1-11(2,3)15-6-12-4-7-8(5-12)9(7)10(13)14/h7-9H,4-6H2,1-3H3,(H,13,14)/t7-,8+,9+. The van der Waals surface area contributed by atoms with Crippen LogP contribution in [0.5, 0.6) is 0 Å². The molecule has 0 aromatic carbocycles. The molecule has 0 aromatic rings. The van der Waals surface area contributed by atoms with Gasteiger partial charge in [-0.3, -0.25) is 9.69 Å². The lowest BCUT2D eigenvalue weighted by Crippen LogP contribution is -2.33. The van der Waals surface area contributed by atoms with E-state index in [9.17, 15) is 4.79 Å². The van der Waals surface area contributed by atoms with Crippen LogP contribution in [-0.2, 0) is 9.53 Å². The van der Waals surface area contributed by atoms with E-state index < -0.39 is 5.97 Å². The summed E-state index contributed by atoms with van der Waals surface area (Å²) in [6, 6.07) is 0. The van der Waals surface area contributed by atoms with Gasteiger partial charge in [-0.15, -0.1) is 0 Å². The van der Waals surface area contributed by atoms with Crippen LogP contribution in [0.4, 0.5) is 0 Å². The number of likely N-dealkylation sites (tertiary alicyclic amines) is 1. The van der Waals surface area contributed by atoms with Gasteiger partial charge in [-0.05, 0) is 32.6 Å². The van der Waals surface area contributed by atoms with Crippen molar-refractivity contribution in [1.82, 2.24) is 4.90 Å². The minimum Gasteiger partial charge on any atom is -0.481 e. The predicted molar refractivity (Wildman–Crippen MR) is 55.4 cm³/mol. The van der Waals surface area contributed by atoms with E-state index in [1.807, 2.05) is 20.8 Å². The van der Waals surface area contributed by atoms with E-state index in [1.54, 1.807) is 0 Å². The highest BCUT2D eigenvalue weighted by Crippen LogP contribution is 2.51. The molecule has 2 rings (SSSR count). The Morgan fingerprint density at radius 3 is 2.33 bits per heavy atom. The number of hydrogen-bond donors (Lipinski definition) is 1. The lowest BCUT2D eigenvalue weighted by atomic mass is 10.2. The molecule has 1 aliphatic carbocycles. The van der Waals surface area contributed by atoms with E-state index >= 15 is 0 Å². The number of piperidine rings is 1. The Morgan fingerprint density at radius 1 is 1.40 bits per heavy atom. The van der Waals surface area contributed by atoms with E-state index in [0.29, 0.717) is 18.6 Å². The second-order valence-electron chi connectivity index (χ2n) is 5.61. The van der Waals surface area contributed by atoms with Gasteiger partial charge in [-0.2, -0.15) is 0 Å². The fourth-order valence-corrected chi connectivity index (χ4v) is 2.37. The molecule has 15 heavy (non-hydrogen) atoms. The summed E-state index contributed by atoms with van der Waals surface area (Å²) in [5, 5.41) is 8.85. The average molecular weight is 213 g/mol. The van der Waals surface area contributed by atoms with Crippen LogP contribution in [0.2, 0.25) is 0 Å². The number of ether oxygens (including phenoxy) is 1. The van der Waals surface area contributed by atoms with Gasteiger partial charge in [0.2, 0.25) is 0 Å². The van der Waals surface area contributed by atoms with Crippen molar-refractivity contribution in [3.05, 3.63) is 0 Å². The number of carboxylic acid groups (broad SMARTS) is 1. The maximum absolute atomic E-state index is 10.7. The molecule has 0 spiro atoms. The van der Waals surface area contributed by atoms with Gasteiger partial charge in [0.15, 0.2) is 0 Å². The van der Waals surface area contributed by atoms with Crippen molar-refractivity contribution in [2.24, 2.45) is 17.8 Å². The van der Waals surface area contributed by atoms with E-state index in [0.717, 1.165) is 13.1 Å². The number of hydrogen-bond acceptors (Lipinski definition) is 3. The number of fused-ring (bicyclic) bond motifs is 1. The first-order chi connectivity index (χ1) is 6.88. The third-order valence-electron chi connectivity index (χ3n) is 3.23. The van der Waals surface area contributed by atoms with Crippen molar-refractivity contribution in [3.8, 4) is 0 Å². The molecule has 0 amide bonds. The van der Waals surface area contributed by atoms with Gasteiger partial charge in [-0.1, -0.05) is 0 Å². The SMILES string of the molecule is CC(C)(C)OCN1C[C@@H]2[C@H](C1)[C@H]2C(=O)O. The Morgan fingerprint density at radius 2 is 1.93 bits per heavy atom. The van der Waals surface area contributed by atoms with Crippen molar-refractivity contribution < 1.29 is 14.6 Å². The molecule has 0 bridgehead atoms. The molecular formula is C11H19NO3. The number of carboxylic acids is 1. The van der Waals surface area contributed by atoms with Gasteiger partial charge in [0.1, 0.15) is 0 Å². The van der Waals surface area contributed by atoms with Gasteiger partial charge in [-0.25, -0.2) is 0 Å². The largest absolute Gasteiger partial charge is 0.481 e. The number of nitrogens with zero attached hydrogens (tertiary/aromatic N) is 1. The van der Waals surface area contributed by atoms with Crippen molar-refractivity contribution in [3.63, 3.8) is 0 Å². The lowest BCUT2D eigenvalue weighted by molar-refractivity contribution is -0.140. The molecule has 1 aliphatic heterocycles. The quantitative estimate of drug-likeness (QED) is 0.760. The number of rotatable bonds is 3. The van der Waals surface area contributed by atoms with E-state index in [4.69, 9.17) is 9.84 Å². The maximum Gasteiger partial charge on any atom is 0.307 e. The smallest absolute Gasteiger partial charge is 0.307 e.